The standard InChI is InChI=1S/C21H23ClFN5O3/c1-14-17(18(22)28(24-14)16-6-4-15(23)5-7-16)19(29)26-10-12-27(13-11-26)21(31)20(30)25-8-2-3-9-25/h4-7H,2-3,8-13H2,1H3. The zero-order valence-electron chi connectivity index (χ0n) is 17.2. The Balaban J connectivity index is 1.43. The van der Waals surface area contributed by atoms with Crippen LogP contribution in [0.5, 0.6) is 0 Å². The molecule has 164 valence electrons. The smallest absolute Gasteiger partial charge is 0.312 e. The molecule has 31 heavy (non-hydrogen) atoms. The summed E-state index contributed by atoms with van der Waals surface area (Å²) in [6.45, 7) is 4.11. The lowest BCUT2D eigenvalue weighted by Gasteiger charge is -2.35. The van der Waals surface area contributed by atoms with E-state index in [4.69, 9.17) is 11.6 Å². The van der Waals surface area contributed by atoms with Gasteiger partial charge in [0.25, 0.3) is 5.91 Å². The highest BCUT2D eigenvalue weighted by atomic mass is 35.5. The van der Waals surface area contributed by atoms with Crippen molar-refractivity contribution >= 4 is 29.3 Å². The number of aromatic nitrogens is 2. The van der Waals surface area contributed by atoms with Gasteiger partial charge in [-0.2, -0.15) is 5.10 Å². The van der Waals surface area contributed by atoms with Crippen molar-refractivity contribution in [2.75, 3.05) is 39.3 Å². The number of benzene rings is 1. The highest BCUT2D eigenvalue weighted by Crippen LogP contribution is 2.25. The van der Waals surface area contributed by atoms with E-state index in [0.29, 0.717) is 37.6 Å². The van der Waals surface area contributed by atoms with Gasteiger partial charge in [0.2, 0.25) is 0 Å². The van der Waals surface area contributed by atoms with E-state index in [-0.39, 0.29) is 35.5 Å². The van der Waals surface area contributed by atoms with E-state index in [0.717, 1.165) is 12.8 Å². The van der Waals surface area contributed by atoms with Crippen LogP contribution in [0.15, 0.2) is 24.3 Å². The van der Waals surface area contributed by atoms with Gasteiger partial charge in [-0.3, -0.25) is 14.4 Å². The molecule has 2 fully saturated rings. The molecular weight excluding hydrogens is 425 g/mol. The highest BCUT2D eigenvalue weighted by Gasteiger charge is 2.33. The Morgan fingerprint density at radius 1 is 0.871 bits per heavy atom. The molecule has 0 saturated carbocycles. The number of hydrogen-bond donors (Lipinski definition) is 0. The second kappa shape index (κ2) is 8.66. The lowest BCUT2D eigenvalue weighted by molar-refractivity contribution is -0.152. The van der Waals surface area contributed by atoms with Gasteiger partial charge in [0.05, 0.1) is 16.9 Å². The van der Waals surface area contributed by atoms with E-state index in [1.807, 2.05) is 0 Å². The highest BCUT2D eigenvalue weighted by molar-refractivity contribution is 6.35. The average Bonchev–Trinajstić information content (AvgIpc) is 3.41. The Morgan fingerprint density at radius 2 is 1.39 bits per heavy atom. The molecule has 8 nitrogen and oxygen atoms in total. The predicted molar refractivity (Wildman–Crippen MR) is 112 cm³/mol. The summed E-state index contributed by atoms with van der Waals surface area (Å²) in [5.74, 6) is -1.63. The fourth-order valence-corrected chi connectivity index (χ4v) is 4.31. The largest absolute Gasteiger partial charge is 0.335 e. The number of carbonyl (C=O) groups excluding carboxylic acids is 3. The Hall–Kier alpha value is -2.94. The van der Waals surface area contributed by atoms with E-state index in [1.54, 1.807) is 16.7 Å². The molecule has 10 heteroatoms. The number of piperazine rings is 1. The number of carbonyl (C=O) groups is 3. The van der Waals surface area contributed by atoms with Gasteiger partial charge >= 0.3 is 11.8 Å². The SMILES string of the molecule is Cc1nn(-c2ccc(F)cc2)c(Cl)c1C(=O)N1CCN(C(=O)C(=O)N2CCCC2)CC1. The number of aryl methyl sites for hydroxylation is 1. The van der Waals surface area contributed by atoms with Crippen molar-refractivity contribution < 1.29 is 18.8 Å². The molecular formula is C21H23ClFN5O3. The van der Waals surface area contributed by atoms with Crippen LogP contribution in [-0.4, -0.2) is 81.5 Å². The van der Waals surface area contributed by atoms with E-state index < -0.39 is 11.8 Å². The molecule has 0 atom stereocenters. The van der Waals surface area contributed by atoms with Crippen LogP contribution in [0.2, 0.25) is 5.15 Å². The summed E-state index contributed by atoms with van der Waals surface area (Å²) in [6, 6.07) is 5.65. The molecule has 0 spiro atoms. The molecule has 2 aromatic rings. The van der Waals surface area contributed by atoms with E-state index in [1.165, 1.54) is 33.8 Å². The Morgan fingerprint density at radius 3 is 1.97 bits per heavy atom. The first-order chi connectivity index (χ1) is 14.9. The Kier molecular flexibility index (Phi) is 5.95. The summed E-state index contributed by atoms with van der Waals surface area (Å²) >= 11 is 6.46. The van der Waals surface area contributed by atoms with Crippen LogP contribution in [0.4, 0.5) is 4.39 Å². The molecule has 1 aromatic carbocycles. The summed E-state index contributed by atoms with van der Waals surface area (Å²) in [4.78, 5) is 42.6. The molecule has 1 aromatic heterocycles. The molecule has 0 bridgehead atoms. The number of halogens is 2. The summed E-state index contributed by atoms with van der Waals surface area (Å²) in [6.07, 6.45) is 1.85. The minimum atomic E-state index is -0.507. The maximum Gasteiger partial charge on any atom is 0.312 e. The zero-order chi connectivity index (χ0) is 22.1. The Labute approximate surface area is 184 Å². The normalized spacial score (nSPS) is 16.7. The van der Waals surface area contributed by atoms with Gasteiger partial charge in [-0.1, -0.05) is 11.6 Å². The fraction of sp³-hybridized carbons (Fsp3) is 0.429. The van der Waals surface area contributed by atoms with Gasteiger partial charge in [0, 0.05) is 39.3 Å². The van der Waals surface area contributed by atoms with Gasteiger partial charge in [0.1, 0.15) is 11.0 Å². The number of amides is 3. The van der Waals surface area contributed by atoms with Crippen molar-refractivity contribution in [3.05, 3.63) is 46.5 Å². The molecule has 2 saturated heterocycles. The van der Waals surface area contributed by atoms with Crippen LogP contribution in [0.3, 0.4) is 0 Å². The minimum absolute atomic E-state index is 0.150. The maximum absolute atomic E-state index is 13.2. The lowest BCUT2D eigenvalue weighted by Crippen LogP contribution is -2.54. The van der Waals surface area contributed by atoms with Gasteiger partial charge < -0.3 is 14.7 Å². The molecule has 4 rings (SSSR count). The third-order valence-corrected chi connectivity index (χ3v) is 6.07. The molecule has 3 amide bonds. The van der Waals surface area contributed by atoms with Crippen LogP contribution in [0.25, 0.3) is 5.69 Å². The Bertz CT molecular complexity index is 1010. The molecule has 0 N–H and O–H groups in total. The molecule has 2 aliphatic rings. The van der Waals surface area contributed by atoms with Crippen LogP contribution < -0.4 is 0 Å². The first kappa shape index (κ1) is 21.3. The molecule has 0 radical (unpaired) electrons. The maximum atomic E-state index is 13.2. The molecule has 0 aliphatic carbocycles. The van der Waals surface area contributed by atoms with E-state index >= 15 is 0 Å². The molecule has 2 aliphatic heterocycles. The van der Waals surface area contributed by atoms with Crippen LogP contribution in [0.1, 0.15) is 28.9 Å². The number of likely N-dealkylation sites (tertiary alicyclic amines) is 1. The average molecular weight is 448 g/mol. The van der Waals surface area contributed by atoms with Crippen molar-refractivity contribution in [3.8, 4) is 5.69 Å². The number of rotatable bonds is 2. The topological polar surface area (TPSA) is 78.8 Å². The zero-order valence-corrected chi connectivity index (χ0v) is 17.9. The summed E-state index contributed by atoms with van der Waals surface area (Å²) < 4.78 is 14.6. The van der Waals surface area contributed by atoms with Gasteiger partial charge in [-0.25, -0.2) is 9.07 Å². The van der Waals surface area contributed by atoms with Gasteiger partial charge in [-0.15, -0.1) is 0 Å². The quantitative estimate of drug-likeness (QED) is 0.658. The summed E-state index contributed by atoms with van der Waals surface area (Å²) in [5, 5.41) is 4.49. The van der Waals surface area contributed by atoms with Crippen LogP contribution >= 0.6 is 11.6 Å². The third-order valence-electron chi connectivity index (χ3n) is 5.72. The van der Waals surface area contributed by atoms with E-state index in [9.17, 15) is 18.8 Å². The first-order valence-electron chi connectivity index (χ1n) is 10.3. The first-order valence-corrected chi connectivity index (χ1v) is 10.6. The minimum Gasteiger partial charge on any atom is -0.335 e. The van der Waals surface area contributed by atoms with Crippen molar-refractivity contribution in [3.63, 3.8) is 0 Å². The second-order valence-corrected chi connectivity index (χ2v) is 8.08. The summed E-state index contributed by atoms with van der Waals surface area (Å²) in [7, 11) is 0. The van der Waals surface area contributed by atoms with Gasteiger partial charge in [-0.05, 0) is 44.0 Å². The fourth-order valence-electron chi connectivity index (χ4n) is 3.96. The third kappa shape index (κ3) is 4.14. The molecule has 0 unspecified atom stereocenters. The summed E-state index contributed by atoms with van der Waals surface area (Å²) in [5.41, 5.74) is 1.28. The second-order valence-electron chi connectivity index (χ2n) is 7.72. The molecule has 3 heterocycles. The van der Waals surface area contributed by atoms with Crippen molar-refractivity contribution in [1.82, 2.24) is 24.5 Å². The van der Waals surface area contributed by atoms with Crippen LogP contribution in [-0.2, 0) is 9.59 Å². The van der Waals surface area contributed by atoms with Crippen molar-refractivity contribution in [2.24, 2.45) is 0 Å². The van der Waals surface area contributed by atoms with Crippen molar-refractivity contribution in [1.29, 1.82) is 0 Å². The number of nitrogens with zero attached hydrogens (tertiary/aromatic N) is 5. The van der Waals surface area contributed by atoms with Crippen LogP contribution in [0, 0.1) is 12.7 Å². The van der Waals surface area contributed by atoms with E-state index in [2.05, 4.69) is 5.10 Å². The van der Waals surface area contributed by atoms with Crippen molar-refractivity contribution in [2.45, 2.75) is 19.8 Å². The number of hydrogen-bond acceptors (Lipinski definition) is 4. The lowest BCUT2D eigenvalue weighted by atomic mass is 10.2. The predicted octanol–water partition coefficient (Wildman–Crippen LogP) is 1.88. The monoisotopic (exact) mass is 447 g/mol. The van der Waals surface area contributed by atoms with Gasteiger partial charge in [0.15, 0.2) is 0 Å².